The molecule has 0 saturated heterocycles. The van der Waals surface area contributed by atoms with Crippen molar-refractivity contribution < 1.29 is 18.7 Å². The molecule has 0 saturated carbocycles. The number of halogens is 1. The zero-order valence-electron chi connectivity index (χ0n) is 12.9. The Balaban J connectivity index is 1.88. The molecular weight excluding hydrogens is 299 g/mol. The van der Waals surface area contributed by atoms with E-state index in [9.17, 15) is 9.18 Å². The van der Waals surface area contributed by atoms with E-state index in [1.807, 2.05) is 24.3 Å². The molecule has 2 rings (SSSR count). The fourth-order valence-corrected chi connectivity index (χ4v) is 1.77. The molecule has 5 nitrogen and oxygen atoms in total. The van der Waals surface area contributed by atoms with E-state index in [-0.39, 0.29) is 12.4 Å². The monoisotopic (exact) mass is 316 g/mol. The van der Waals surface area contributed by atoms with Crippen LogP contribution in [0.25, 0.3) is 0 Å². The summed E-state index contributed by atoms with van der Waals surface area (Å²) in [5.74, 6) is 0.356. The summed E-state index contributed by atoms with van der Waals surface area (Å²) in [6.07, 6.45) is 0. The third-order valence-corrected chi connectivity index (χ3v) is 3.02. The summed E-state index contributed by atoms with van der Waals surface area (Å²) in [4.78, 5) is 11.7. The summed E-state index contributed by atoms with van der Waals surface area (Å²) in [6, 6.07) is 12.8. The zero-order chi connectivity index (χ0) is 16.7. The van der Waals surface area contributed by atoms with Gasteiger partial charge < -0.3 is 9.47 Å². The maximum Gasteiger partial charge on any atom is 0.277 e. The highest BCUT2D eigenvalue weighted by Crippen LogP contribution is 2.13. The van der Waals surface area contributed by atoms with Crippen molar-refractivity contribution in [3.8, 4) is 11.5 Å². The molecule has 120 valence electrons. The molecule has 0 spiro atoms. The van der Waals surface area contributed by atoms with Gasteiger partial charge in [-0.3, -0.25) is 4.79 Å². The minimum Gasteiger partial charge on any atom is -0.497 e. The van der Waals surface area contributed by atoms with E-state index in [1.54, 1.807) is 14.0 Å². The van der Waals surface area contributed by atoms with Crippen molar-refractivity contribution in [1.29, 1.82) is 0 Å². The van der Waals surface area contributed by atoms with E-state index >= 15 is 0 Å². The van der Waals surface area contributed by atoms with E-state index in [0.717, 1.165) is 5.56 Å². The van der Waals surface area contributed by atoms with Crippen LogP contribution in [0.2, 0.25) is 0 Å². The summed E-state index contributed by atoms with van der Waals surface area (Å²) >= 11 is 0. The number of methoxy groups -OCH3 is 1. The maximum absolute atomic E-state index is 12.7. The van der Waals surface area contributed by atoms with Gasteiger partial charge in [0, 0.05) is 5.56 Å². The van der Waals surface area contributed by atoms with E-state index in [0.29, 0.717) is 17.2 Å². The Labute approximate surface area is 133 Å². The average Bonchev–Trinajstić information content (AvgIpc) is 2.59. The molecule has 0 aliphatic rings. The van der Waals surface area contributed by atoms with Gasteiger partial charge in [-0.15, -0.1) is 0 Å². The zero-order valence-corrected chi connectivity index (χ0v) is 12.9. The summed E-state index contributed by atoms with van der Waals surface area (Å²) in [5, 5.41) is 4.02. The number of hydrogen-bond donors (Lipinski definition) is 1. The van der Waals surface area contributed by atoms with Crippen LogP contribution in [0.3, 0.4) is 0 Å². The molecule has 1 amide bonds. The number of hydrazone groups is 1. The van der Waals surface area contributed by atoms with Gasteiger partial charge in [0.15, 0.2) is 6.61 Å². The number of carbonyl (C=O) groups excluding carboxylic acids is 1. The van der Waals surface area contributed by atoms with Gasteiger partial charge in [-0.2, -0.15) is 5.10 Å². The highest BCUT2D eigenvalue weighted by atomic mass is 19.1. The minimum absolute atomic E-state index is 0.208. The molecule has 2 aromatic rings. The second-order valence-electron chi connectivity index (χ2n) is 4.71. The van der Waals surface area contributed by atoms with Crippen molar-refractivity contribution in [3.63, 3.8) is 0 Å². The Morgan fingerprint density at radius 1 is 1.17 bits per heavy atom. The second-order valence-corrected chi connectivity index (χ2v) is 4.71. The van der Waals surface area contributed by atoms with Crippen LogP contribution in [0, 0.1) is 5.82 Å². The van der Waals surface area contributed by atoms with E-state index in [1.165, 1.54) is 24.3 Å². The van der Waals surface area contributed by atoms with Crippen LogP contribution < -0.4 is 14.9 Å². The predicted molar refractivity (Wildman–Crippen MR) is 85.2 cm³/mol. The van der Waals surface area contributed by atoms with Crippen LogP contribution in [0.15, 0.2) is 53.6 Å². The second kappa shape index (κ2) is 7.93. The Morgan fingerprint density at radius 2 is 1.91 bits per heavy atom. The van der Waals surface area contributed by atoms with Gasteiger partial charge in [0.05, 0.1) is 12.8 Å². The number of nitrogens with one attached hydrogen (secondary N) is 1. The topological polar surface area (TPSA) is 59.9 Å². The first-order valence-electron chi connectivity index (χ1n) is 6.94. The number of carbonyl (C=O) groups is 1. The molecule has 6 heteroatoms. The normalized spacial score (nSPS) is 11.0. The first kappa shape index (κ1) is 16.5. The van der Waals surface area contributed by atoms with Gasteiger partial charge in [-0.25, -0.2) is 9.82 Å². The lowest BCUT2D eigenvalue weighted by molar-refractivity contribution is -0.123. The van der Waals surface area contributed by atoms with Gasteiger partial charge in [-0.1, -0.05) is 12.1 Å². The molecule has 2 aromatic carbocycles. The smallest absolute Gasteiger partial charge is 0.277 e. The fraction of sp³-hybridized carbons (Fsp3) is 0.176. The number of amides is 1. The average molecular weight is 316 g/mol. The molecule has 0 atom stereocenters. The largest absolute Gasteiger partial charge is 0.497 e. The van der Waals surface area contributed by atoms with Gasteiger partial charge in [0.25, 0.3) is 5.91 Å². The maximum atomic E-state index is 12.7. The molecule has 0 radical (unpaired) electrons. The lowest BCUT2D eigenvalue weighted by Gasteiger charge is -2.06. The number of rotatable bonds is 6. The van der Waals surface area contributed by atoms with Crippen LogP contribution in [0.4, 0.5) is 4.39 Å². The Bertz CT molecular complexity index is 699. The fourth-order valence-electron chi connectivity index (χ4n) is 1.77. The number of hydrogen-bond acceptors (Lipinski definition) is 4. The van der Waals surface area contributed by atoms with E-state index in [4.69, 9.17) is 9.47 Å². The van der Waals surface area contributed by atoms with Crippen molar-refractivity contribution >= 4 is 11.6 Å². The quantitative estimate of drug-likeness (QED) is 0.658. The molecule has 0 aromatic heterocycles. The molecular formula is C17H17FN2O3. The lowest BCUT2D eigenvalue weighted by atomic mass is 10.1. The first-order valence-corrected chi connectivity index (χ1v) is 6.94. The van der Waals surface area contributed by atoms with Gasteiger partial charge >= 0.3 is 0 Å². The van der Waals surface area contributed by atoms with Crippen LogP contribution in [0.1, 0.15) is 12.5 Å². The summed E-state index contributed by atoms with van der Waals surface area (Å²) in [7, 11) is 1.58. The molecule has 0 aliphatic heterocycles. The van der Waals surface area contributed by atoms with Crippen LogP contribution in [-0.4, -0.2) is 25.3 Å². The highest BCUT2D eigenvalue weighted by molar-refractivity contribution is 5.99. The first-order chi connectivity index (χ1) is 11.1. The van der Waals surface area contributed by atoms with Crippen molar-refractivity contribution in [2.45, 2.75) is 6.92 Å². The molecule has 0 heterocycles. The summed E-state index contributed by atoms with van der Waals surface area (Å²) in [5.41, 5.74) is 3.88. The number of benzene rings is 2. The van der Waals surface area contributed by atoms with E-state index in [2.05, 4.69) is 10.5 Å². The van der Waals surface area contributed by atoms with Crippen molar-refractivity contribution in [2.75, 3.05) is 13.7 Å². The van der Waals surface area contributed by atoms with Crippen LogP contribution >= 0.6 is 0 Å². The van der Waals surface area contributed by atoms with Crippen LogP contribution in [-0.2, 0) is 4.79 Å². The Morgan fingerprint density at radius 3 is 2.61 bits per heavy atom. The molecule has 0 bridgehead atoms. The van der Waals surface area contributed by atoms with Gasteiger partial charge in [0.2, 0.25) is 0 Å². The molecule has 23 heavy (non-hydrogen) atoms. The van der Waals surface area contributed by atoms with Crippen molar-refractivity contribution in [2.24, 2.45) is 5.10 Å². The van der Waals surface area contributed by atoms with Gasteiger partial charge in [-0.05, 0) is 43.3 Å². The van der Waals surface area contributed by atoms with Crippen molar-refractivity contribution in [3.05, 3.63) is 59.9 Å². The molecule has 0 fully saturated rings. The number of ether oxygens (including phenoxy) is 2. The summed E-state index contributed by atoms with van der Waals surface area (Å²) in [6.45, 7) is 1.57. The third kappa shape index (κ3) is 5.10. The molecule has 0 unspecified atom stereocenters. The Hall–Kier alpha value is -2.89. The van der Waals surface area contributed by atoms with Crippen LogP contribution in [0.5, 0.6) is 11.5 Å². The third-order valence-electron chi connectivity index (χ3n) is 3.02. The SMILES string of the molecule is COc1cccc(/C(C)=N/NC(=O)COc2ccc(F)cc2)c1. The molecule has 0 aliphatic carbocycles. The lowest BCUT2D eigenvalue weighted by Crippen LogP contribution is -2.25. The van der Waals surface area contributed by atoms with E-state index < -0.39 is 5.91 Å². The number of nitrogens with zero attached hydrogens (tertiary/aromatic N) is 1. The van der Waals surface area contributed by atoms with Crippen molar-refractivity contribution in [1.82, 2.24) is 5.43 Å². The minimum atomic E-state index is -0.406. The molecule has 1 N–H and O–H groups in total. The highest BCUT2D eigenvalue weighted by Gasteiger charge is 2.04. The Kier molecular flexibility index (Phi) is 5.68. The predicted octanol–water partition coefficient (Wildman–Crippen LogP) is 2.75. The standard InChI is InChI=1S/C17H17FN2O3/c1-12(13-4-3-5-16(10-13)22-2)19-20-17(21)11-23-15-8-6-14(18)7-9-15/h3-10H,11H2,1-2H3,(H,20,21)/b19-12+. The summed E-state index contributed by atoms with van der Waals surface area (Å²) < 4.78 is 23.1. The van der Waals surface area contributed by atoms with Gasteiger partial charge in [0.1, 0.15) is 17.3 Å².